The van der Waals surface area contributed by atoms with Gasteiger partial charge in [-0.25, -0.2) is 4.39 Å². The Kier molecular flexibility index (Phi) is 4.50. The van der Waals surface area contributed by atoms with Gasteiger partial charge in [-0.1, -0.05) is 15.9 Å². The van der Waals surface area contributed by atoms with Crippen LogP contribution < -0.4 is 4.74 Å². The molecule has 0 atom stereocenters. The van der Waals surface area contributed by atoms with E-state index < -0.39 is 12.1 Å². The summed E-state index contributed by atoms with van der Waals surface area (Å²) in [5.74, 6) is -0.326. The van der Waals surface area contributed by atoms with Crippen LogP contribution in [-0.2, 0) is 9.47 Å². The molecule has 3 nitrogen and oxygen atoms in total. The number of benzene rings is 1. The SMILES string of the molecule is COc1ccc(Br)c(C(OC)OC)c1F. The van der Waals surface area contributed by atoms with Crippen molar-refractivity contribution < 1.29 is 18.6 Å². The first-order valence-electron chi connectivity index (χ1n) is 4.23. The second kappa shape index (κ2) is 5.44. The minimum atomic E-state index is -0.755. The minimum Gasteiger partial charge on any atom is -0.494 e. The van der Waals surface area contributed by atoms with Crippen LogP contribution >= 0.6 is 15.9 Å². The predicted molar refractivity (Wildman–Crippen MR) is 57.4 cm³/mol. The zero-order valence-electron chi connectivity index (χ0n) is 8.71. The van der Waals surface area contributed by atoms with Gasteiger partial charge < -0.3 is 14.2 Å². The third-order valence-electron chi connectivity index (χ3n) is 1.97. The maximum absolute atomic E-state index is 13.8. The highest BCUT2D eigenvalue weighted by Gasteiger charge is 2.21. The molecule has 0 fully saturated rings. The van der Waals surface area contributed by atoms with Crippen LogP contribution in [0.2, 0.25) is 0 Å². The summed E-state index contributed by atoms with van der Waals surface area (Å²) >= 11 is 3.24. The van der Waals surface area contributed by atoms with Crippen molar-refractivity contribution >= 4 is 15.9 Å². The van der Waals surface area contributed by atoms with Gasteiger partial charge in [0, 0.05) is 18.7 Å². The lowest BCUT2D eigenvalue weighted by Crippen LogP contribution is -2.08. The molecule has 1 aromatic carbocycles. The first-order valence-corrected chi connectivity index (χ1v) is 5.02. The molecule has 0 radical (unpaired) electrons. The van der Waals surface area contributed by atoms with Crippen molar-refractivity contribution in [3.63, 3.8) is 0 Å². The summed E-state index contributed by atoms with van der Waals surface area (Å²) < 4.78 is 29.3. The molecular formula is C10H12BrFO3. The molecule has 0 aliphatic rings. The van der Waals surface area contributed by atoms with E-state index in [1.54, 1.807) is 6.07 Å². The molecule has 0 aliphatic carbocycles. The van der Waals surface area contributed by atoms with Crippen molar-refractivity contribution in [1.82, 2.24) is 0 Å². The van der Waals surface area contributed by atoms with E-state index in [1.807, 2.05) is 0 Å². The molecule has 0 bridgehead atoms. The Labute approximate surface area is 96.3 Å². The molecule has 0 N–H and O–H groups in total. The molecule has 84 valence electrons. The number of rotatable bonds is 4. The lowest BCUT2D eigenvalue weighted by molar-refractivity contribution is -0.108. The maximum Gasteiger partial charge on any atom is 0.187 e. The van der Waals surface area contributed by atoms with Crippen LogP contribution in [0.25, 0.3) is 0 Å². The summed E-state index contributed by atoms with van der Waals surface area (Å²) in [6, 6.07) is 3.22. The van der Waals surface area contributed by atoms with E-state index in [-0.39, 0.29) is 5.75 Å². The Morgan fingerprint density at radius 2 is 1.80 bits per heavy atom. The van der Waals surface area contributed by atoms with Gasteiger partial charge in [-0.05, 0) is 12.1 Å². The molecule has 1 aromatic rings. The van der Waals surface area contributed by atoms with Crippen LogP contribution in [-0.4, -0.2) is 21.3 Å². The van der Waals surface area contributed by atoms with Crippen molar-refractivity contribution in [2.24, 2.45) is 0 Å². The van der Waals surface area contributed by atoms with Crippen LogP contribution in [0.3, 0.4) is 0 Å². The molecule has 0 aliphatic heterocycles. The molecule has 1 rings (SSSR count). The largest absolute Gasteiger partial charge is 0.494 e. The highest BCUT2D eigenvalue weighted by Crippen LogP contribution is 2.33. The average Bonchev–Trinajstić information content (AvgIpc) is 2.24. The van der Waals surface area contributed by atoms with Crippen LogP contribution in [0.1, 0.15) is 11.9 Å². The summed E-state index contributed by atoms with van der Waals surface area (Å²) in [5.41, 5.74) is 0.291. The molecular weight excluding hydrogens is 267 g/mol. The minimum absolute atomic E-state index is 0.160. The van der Waals surface area contributed by atoms with Crippen molar-refractivity contribution in [2.75, 3.05) is 21.3 Å². The fourth-order valence-electron chi connectivity index (χ4n) is 1.25. The molecule has 0 saturated carbocycles. The van der Waals surface area contributed by atoms with Gasteiger partial charge in [0.1, 0.15) is 0 Å². The second-order valence-electron chi connectivity index (χ2n) is 2.78. The highest BCUT2D eigenvalue weighted by molar-refractivity contribution is 9.10. The summed E-state index contributed by atoms with van der Waals surface area (Å²) in [7, 11) is 4.30. The van der Waals surface area contributed by atoms with E-state index >= 15 is 0 Å². The van der Waals surface area contributed by atoms with E-state index in [1.165, 1.54) is 27.4 Å². The Balaban J connectivity index is 3.25. The van der Waals surface area contributed by atoms with E-state index in [0.29, 0.717) is 10.0 Å². The van der Waals surface area contributed by atoms with E-state index in [4.69, 9.17) is 14.2 Å². The quantitative estimate of drug-likeness (QED) is 0.793. The second-order valence-corrected chi connectivity index (χ2v) is 3.63. The van der Waals surface area contributed by atoms with Gasteiger partial charge in [0.15, 0.2) is 17.9 Å². The molecule has 15 heavy (non-hydrogen) atoms. The van der Waals surface area contributed by atoms with Gasteiger partial charge in [0.2, 0.25) is 0 Å². The Bertz CT molecular complexity index is 340. The number of hydrogen-bond acceptors (Lipinski definition) is 3. The zero-order chi connectivity index (χ0) is 11.4. The molecule has 0 aromatic heterocycles. The molecule has 5 heteroatoms. The first kappa shape index (κ1) is 12.4. The predicted octanol–water partition coefficient (Wildman–Crippen LogP) is 2.89. The highest BCUT2D eigenvalue weighted by atomic mass is 79.9. The Hall–Kier alpha value is -0.650. The topological polar surface area (TPSA) is 27.7 Å². The van der Waals surface area contributed by atoms with Gasteiger partial charge in [-0.2, -0.15) is 0 Å². The van der Waals surface area contributed by atoms with Gasteiger partial charge in [0.25, 0.3) is 0 Å². The van der Waals surface area contributed by atoms with Crippen LogP contribution in [0.4, 0.5) is 4.39 Å². The lowest BCUT2D eigenvalue weighted by Gasteiger charge is -2.17. The summed E-state index contributed by atoms with van der Waals surface area (Å²) in [4.78, 5) is 0. The summed E-state index contributed by atoms with van der Waals surface area (Å²) in [5, 5.41) is 0. The van der Waals surface area contributed by atoms with E-state index in [9.17, 15) is 4.39 Å². The Morgan fingerprint density at radius 3 is 2.27 bits per heavy atom. The number of halogens is 2. The monoisotopic (exact) mass is 278 g/mol. The molecule has 0 unspecified atom stereocenters. The fraction of sp³-hybridized carbons (Fsp3) is 0.400. The smallest absolute Gasteiger partial charge is 0.187 e. The van der Waals surface area contributed by atoms with Crippen molar-refractivity contribution in [3.05, 3.63) is 28.0 Å². The third-order valence-corrected chi connectivity index (χ3v) is 2.67. The van der Waals surface area contributed by atoms with Gasteiger partial charge >= 0.3 is 0 Å². The van der Waals surface area contributed by atoms with Crippen molar-refractivity contribution in [1.29, 1.82) is 0 Å². The molecule has 0 saturated heterocycles. The average molecular weight is 279 g/mol. The number of methoxy groups -OCH3 is 3. The van der Waals surface area contributed by atoms with E-state index in [0.717, 1.165) is 0 Å². The van der Waals surface area contributed by atoms with Gasteiger partial charge in [0.05, 0.1) is 12.7 Å². The lowest BCUT2D eigenvalue weighted by atomic mass is 10.2. The zero-order valence-corrected chi connectivity index (χ0v) is 10.3. The van der Waals surface area contributed by atoms with Crippen molar-refractivity contribution in [3.8, 4) is 5.75 Å². The third kappa shape index (κ3) is 2.48. The number of ether oxygens (including phenoxy) is 3. The maximum atomic E-state index is 13.8. The molecule has 0 amide bonds. The molecule has 0 spiro atoms. The molecule has 0 heterocycles. The summed E-state index contributed by atoms with van der Waals surface area (Å²) in [6.07, 6.45) is -0.755. The van der Waals surface area contributed by atoms with Gasteiger partial charge in [-0.15, -0.1) is 0 Å². The first-order chi connectivity index (χ1) is 7.15. The van der Waals surface area contributed by atoms with Gasteiger partial charge in [-0.3, -0.25) is 0 Å². The van der Waals surface area contributed by atoms with Crippen LogP contribution in [0.15, 0.2) is 16.6 Å². The summed E-state index contributed by atoms with van der Waals surface area (Å²) in [6.45, 7) is 0. The van der Waals surface area contributed by atoms with E-state index in [2.05, 4.69) is 15.9 Å². The standard InChI is InChI=1S/C10H12BrFO3/c1-13-7-5-4-6(11)8(9(7)12)10(14-2)15-3/h4-5,10H,1-3H3. The van der Waals surface area contributed by atoms with Crippen LogP contribution in [0, 0.1) is 5.82 Å². The fourth-order valence-corrected chi connectivity index (χ4v) is 1.75. The normalized spacial score (nSPS) is 10.8. The number of hydrogen-bond donors (Lipinski definition) is 0. The van der Waals surface area contributed by atoms with Crippen LogP contribution in [0.5, 0.6) is 5.75 Å². The Morgan fingerprint density at radius 1 is 1.20 bits per heavy atom. The van der Waals surface area contributed by atoms with Crippen molar-refractivity contribution in [2.45, 2.75) is 6.29 Å².